The molecule has 0 aliphatic carbocycles. The summed E-state index contributed by atoms with van der Waals surface area (Å²) in [4.78, 5) is 33.2. The number of carbonyl (C=O) groups excluding carboxylic acids is 1. The largest absolute Gasteiger partial charge is 0.493 e. The first-order valence-corrected chi connectivity index (χ1v) is 10.7. The Kier molecular flexibility index (Phi) is 8.54. The number of nitro benzene ring substituents is 2. The van der Waals surface area contributed by atoms with Gasteiger partial charge in [-0.3, -0.25) is 20.2 Å². The Hall–Kier alpha value is -4.93. The molecule has 0 unspecified atom stereocenters. The zero-order chi connectivity index (χ0) is 26.1. The molecule has 186 valence electrons. The van der Waals surface area contributed by atoms with Crippen LogP contribution in [0.2, 0.25) is 0 Å². The monoisotopic (exact) mass is 494 g/mol. The Morgan fingerprint density at radius 3 is 2.22 bits per heavy atom. The maximum atomic E-state index is 12.3. The highest BCUT2D eigenvalue weighted by Crippen LogP contribution is 2.31. The van der Waals surface area contributed by atoms with E-state index in [-0.39, 0.29) is 29.4 Å². The molecule has 0 fully saturated rings. The molecule has 0 N–H and O–H groups in total. The van der Waals surface area contributed by atoms with Crippen molar-refractivity contribution < 1.29 is 33.6 Å². The molecule has 0 aromatic heterocycles. The molecule has 11 heteroatoms. The predicted molar refractivity (Wildman–Crippen MR) is 130 cm³/mol. The summed E-state index contributed by atoms with van der Waals surface area (Å²) in [5, 5.41) is 22.2. The molecular formula is C25H22N2O9. The topological polar surface area (TPSA) is 140 Å². The zero-order valence-electron chi connectivity index (χ0n) is 19.4. The van der Waals surface area contributed by atoms with Gasteiger partial charge in [0.25, 0.3) is 11.4 Å². The van der Waals surface area contributed by atoms with Crippen molar-refractivity contribution in [2.75, 3.05) is 20.3 Å². The molecule has 0 saturated heterocycles. The van der Waals surface area contributed by atoms with E-state index in [2.05, 4.69) is 0 Å². The van der Waals surface area contributed by atoms with Gasteiger partial charge in [0.15, 0.2) is 29.6 Å². The van der Waals surface area contributed by atoms with E-state index in [4.69, 9.17) is 18.9 Å². The Bertz CT molecular complexity index is 1300. The van der Waals surface area contributed by atoms with Crippen LogP contribution in [0.25, 0.3) is 12.2 Å². The van der Waals surface area contributed by atoms with Crippen LogP contribution in [0.1, 0.15) is 18.1 Å². The quantitative estimate of drug-likeness (QED) is 0.117. The highest BCUT2D eigenvalue weighted by Gasteiger charge is 2.18. The first-order chi connectivity index (χ1) is 17.3. The molecular weight excluding hydrogens is 472 g/mol. The van der Waals surface area contributed by atoms with Crippen LogP contribution in [0.3, 0.4) is 0 Å². The number of benzene rings is 3. The smallest absolute Gasteiger partial charge is 0.349 e. The van der Waals surface area contributed by atoms with Gasteiger partial charge in [0.2, 0.25) is 0 Å². The van der Waals surface area contributed by atoms with Crippen molar-refractivity contribution >= 4 is 29.5 Å². The number of methoxy groups -OCH3 is 1. The van der Waals surface area contributed by atoms with Crippen LogP contribution >= 0.6 is 0 Å². The van der Waals surface area contributed by atoms with Gasteiger partial charge in [0.05, 0.1) is 35.2 Å². The van der Waals surface area contributed by atoms with E-state index in [1.807, 2.05) is 6.92 Å². The lowest BCUT2D eigenvalue weighted by Gasteiger charge is -2.12. The minimum absolute atomic E-state index is 0.155. The third kappa shape index (κ3) is 6.56. The van der Waals surface area contributed by atoms with Crippen LogP contribution in [0.4, 0.5) is 11.4 Å². The average Bonchev–Trinajstić information content (AvgIpc) is 2.87. The molecule has 0 bridgehead atoms. The summed E-state index contributed by atoms with van der Waals surface area (Å²) in [6.07, 6.45) is 3.02. The second-order valence-electron chi connectivity index (χ2n) is 7.14. The summed E-state index contributed by atoms with van der Waals surface area (Å²) in [7, 11) is 1.40. The number of hydrogen-bond acceptors (Lipinski definition) is 9. The lowest BCUT2D eigenvalue weighted by atomic mass is 10.1. The number of esters is 1. The highest BCUT2D eigenvalue weighted by molar-refractivity contribution is 5.77. The van der Waals surface area contributed by atoms with Crippen molar-refractivity contribution in [3.05, 3.63) is 92.0 Å². The lowest BCUT2D eigenvalue weighted by molar-refractivity contribution is -0.394. The molecule has 0 heterocycles. The third-order valence-electron chi connectivity index (χ3n) is 4.78. The van der Waals surface area contributed by atoms with Crippen LogP contribution in [0, 0.1) is 20.2 Å². The molecule has 0 spiro atoms. The molecule has 36 heavy (non-hydrogen) atoms. The van der Waals surface area contributed by atoms with E-state index in [1.165, 1.54) is 31.4 Å². The minimum atomic E-state index is -0.700. The SMILES string of the molecule is CCOc1ccccc1OCC(=O)Oc1ccc(C=Cc2ccc([N+](=O)[O-])cc2[N+](=O)[O-])cc1OC. The number of nitro groups is 2. The van der Waals surface area contributed by atoms with Crippen molar-refractivity contribution in [3.63, 3.8) is 0 Å². The van der Waals surface area contributed by atoms with Gasteiger partial charge >= 0.3 is 5.97 Å². The molecule has 0 amide bonds. The van der Waals surface area contributed by atoms with Crippen molar-refractivity contribution in [3.8, 4) is 23.0 Å². The Labute approximate surface area is 205 Å². The van der Waals surface area contributed by atoms with E-state index >= 15 is 0 Å². The molecule has 11 nitrogen and oxygen atoms in total. The van der Waals surface area contributed by atoms with Crippen molar-refractivity contribution in [1.29, 1.82) is 0 Å². The number of hydrogen-bond donors (Lipinski definition) is 0. The van der Waals surface area contributed by atoms with E-state index in [0.29, 0.717) is 23.7 Å². The summed E-state index contributed by atoms with van der Waals surface area (Å²) in [6.45, 7) is 1.92. The molecule has 3 rings (SSSR count). The van der Waals surface area contributed by atoms with Gasteiger partial charge in [0.1, 0.15) is 0 Å². The number of nitrogens with zero attached hydrogens (tertiary/aromatic N) is 2. The van der Waals surface area contributed by atoms with E-state index in [1.54, 1.807) is 42.5 Å². The fourth-order valence-corrected chi connectivity index (χ4v) is 3.14. The van der Waals surface area contributed by atoms with E-state index < -0.39 is 21.5 Å². The number of rotatable bonds is 11. The van der Waals surface area contributed by atoms with Gasteiger partial charge in [-0.25, -0.2) is 4.79 Å². The second kappa shape index (κ2) is 12.0. The molecule has 0 aliphatic rings. The summed E-state index contributed by atoms with van der Waals surface area (Å²) < 4.78 is 21.6. The van der Waals surface area contributed by atoms with Gasteiger partial charge in [0, 0.05) is 6.07 Å². The van der Waals surface area contributed by atoms with Crippen LogP contribution in [0.5, 0.6) is 23.0 Å². The maximum absolute atomic E-state index is 12.3. The third-order valence-corrected chi connectivity index (χ3v) is 4.78. The molecule has 0 atom stereocenters. The molecule has 0 aliphatic heterocycles. The summed E-state index contributed by atoms with van der Waals surface area (Å²) in [6, 6.07) is 15.0. The molecule has 0 radical (unpaired) electrons. The van der Waals surface area contributed by atoms with Crippen LogP contribution in [-0.2, 0) is 4.79 Å². The van der Waals surface area contributed by atoms with Gasteiger partial charge in [-0.15, -0.1) is 0 Å². The van der Waals surface area contributed by atoms with Gasteiger partial charge in [-0.1, -0.05) is 24.3 Å². The maximum Gasteiger partial charge on any atom is 0.349 e. The Morgan fingerprint density at radius 2 is 1.58 bits per heavy atom. The number of non-ortho nitro benzene ring substituents is 1. The van der Waals surface area contributed by atoms with E-state index in [0.717, 1.165) is 6.07 Å². The van der Waals surface area contributed by atoms with Gasteiger partial charge < -0.3 is 18.9 Å². The standard InChI is InChI=1S/C25H22N2O9/c1-3-34-21-6-4-5-7-22(21)35-16-25(28)36-23-13-9-17(14-24(23)33-2)8-10-18-11-12-19(26(29)30)15-20(18)27(31)32/h4-15H,3,16H2,1-2H3. The minimum Gasteiger partial charge on any atom is -0.493 e. The first kappa shape index (κ1) is 25.7. The lowest BCUT2D eigenvalue weighted by Crippen LogP contribution is -2.18. The van der Waals surface area contributed by atoms with Crippen molar-refractivity contribution in [1.82, 2.24) is 0 Å². The predicted octanol–water partition coefficient (Wildman–Crippen LogP) is 5.07. The number of carbonyl (C=O) groups is 1. The van der Waals surface area contributed by atoms with Gasteiger partial charge in [-0.05, 0) is 48.9 Å². The zero-order valence-corrected chi connectivity index (χ0v) is 19.4. The second-order valence-corrected chi connectivity index (χ2v) is 7.14. The Morgan fingerprint density at radius 1 is 0.861 bits per heavy atom. The van der Waals surface area contributed by atoms with Crippen LogP contribution in [0.15, 0.2) is 60.7 Å². The summed E-state index contributed by atoms with van der Waals surface area (Å²) in [5.41, 5.74) is -0.00772. The number of para-hydroxylation sites is 2. The van der Waals surface area contributed by atoms with Crippen LogP contribution in [-0.4, -0.2) is 36.1 Å². The van der Waals surface area contributed by atoms with Crippen molar-refractivity contribution in [2.24, 2.45) is 0 Å². The molecule has 3 aromatic carbocycles. The fraction of sp³-hybridized carbons (Fsp3) is 0.160. The van der Waals surface area contributed by atoms with Crippen molar-refractivity contribution in [2.45, 2.75) is 6.92 Å². The first-order valence-electron chi connectivity index (χ1n) is 10.7. The van der Waals surface area contributed by atoms with E-state index in [9.17, 15) is 25.0 Å². The average molecular weight is 494 g/mol. The van der Waals surface area contributed by atoms with Crippen LogP contribution < -0.4 is 18.9 Å². The summed E-state index contributed by atoms with van der Waals surface area (Å²) in [5.74, 6) is 0.657. The van der Waals surface area contributed by atoms with Gasteiger partial charge in [-0.2, -0.15) is 0 Å². The fourth-order valence-electron chi connectivity index (χ4n) is 3.14. The highest BCUT2D eigenvalue weighted by atomic mass is 16.6. The number of ether oxygens (including phenoxy) is 4. The molecule has 0 saturated carbocycles. The molecule has 3 aromatic rings. The normalized spacial score (nSPS) is 10.6. The Balaban J connectivity index is 1.71. The summed E-state index contributed by atoms with van der Waals surface area (Å²) >= 11 is 0.